The zero-order valence-electron chi connectivity index (χ0n) is 16.4. The van der Waals surface area contributed by atoms with Crippen LogP contribution in [0.25, 0.3) is 0 Å². The summed E-state index contributed by atoms with van der Waals surface area (Å²) in [7, 11) is 0. The number of ether oxygens (including phenoxy) is 1. The number of nitrogens with one attached hydrogen (secondary N) is 1. The minimum atomic E-state index is -0.546. The van der Waals surface area contributed by atoms with Crippen molar-refractivity contribution in [2.45, 2.75) is 26.8 Å². The first-order valence-corrected chi connectivity index (χ1v) is 10.2. The van der Waals surface area contributed by atoms with Crippen LogP contribution in [0.15, 0.2) is 46.9 Å². The summed E-state index contributed by atoms with van der Waals surface area (Å²) in [6.45, 7) is 4.27. The molecule has 1 atom stereocenters. The number of hydrogen-bond acceptors (Lipinski definition) is 4. The Morgan fingerprint density at radius 3 is 2.59 bits per heavy atom. The van der Waals surface area contributed by atoms with Gasteiger partial charge in [0.2, 0.25) is 5.91 Å². The van der Waals surface area contributed by atoms with Gasteiger partial charge in [0.25, 0.3) is 5.91 Å². The van der Waals surface area contributed by atoms with Gasteiger partial charge in [-0.25, -0.2) is 0 Å². The van der Waals surface area contributed by atoms with Gasteiger partial charge < -0.3 is 15.0 Å². The van der Waals surface area contributed by atoms with Crippen LogP contribution in [0.4, 0.5) is 5.69 Å². The van der Waals surface area contributed by atoms with Gasteiger partial charge >= 0.3 is 5.97 Å². The average Bonchev–Trinajstić information content (AvgIpc) is 3.04. The van der Waals surface area contributed by atoms with Gasteiger partial charge in [0.05, 0.1) is 5.92 Å². The Kier molecular flexibility index (Phi) is 6.69. The molecule has 2 amide bonds. The van der Waals surface area contributed by atoms with E-state index in [4.69, 9.17) is 4.74 Å². The van der Waals surface area contributed by atoms with E-state index in [9.17, 15) is 14.4 Å². The second kappa shape index (κ2) is 9.22. The van der Waals surface area contributed by atoms with Crippen molar-refractivity contribution in [2.24, 2.45) is 5.92 Å². The molecule has 1 aliphatic rings. The zero-order chi connectivity index (χ0) is 21.0. The maximum Gasteiger partial charge on any atom is 0.311 e. The largest absolute Gasteiger partial charge is 0.455 e. The molecule has 0 aromatic heterocycles. The maximum atomic E-state index is 12.3. The Morgan fingerprint density at radius 1 is 1.17 bits per heavy atom. The molecule has 2 aromatic carbocycles. The van der Waals surface area contributed by atoms with E-state index in [1.54, 1.807) is 11.0 Å². The summed E-state index contributed by atoms with van der Waals surface area (Å²) < 4.78 is 6.06. The van der Waals surface area contributed by atoms with Gasteiger partial charge in [0, 0.05) is 29.7 Å². The van der Waals surface area contributed by atoms with Crippen molar-refractivity contribution in [1.82, 2.24) is 4.90 Å². The number of anilines is 1. The monoisotopic (exact) mass is 458 g/mol. The predicted molar refractivity (Wildman–Crippen MR) is 113 cm³/mol. The molecule has 1 fully saturated rings. The summed E-state index contributed by atoms with van der Waals surface area (Å²) in [4.78, 5) is 38.3. The van der Waals surface area contributed by atoms with Crippen LogP contribution >= 0.6 is 15.9 Å². The van der Waals surface area contributed by atoms with Gasteiger partial charge in [0.1, 0.15) is 0 Å². The molecule has 0 radical (unpaired) electrons. The molecule has 0 bridgehead atoms. The van der Waals surface area contributed by atoms with Crippen LogP contribution in [0.2, 0.25) is 0 Å². The Bertz CT molecular complexity index is 927. The van der Waals surface area contributed by atoms with Crippen molar-refractivity contribution in [1.29, 1.82) is 0 Å². The number of nitrogens with zero attached hydrogens (tertiary/aromatic N) is 1. The van der Waals surface area contributed by atoms with E-state index in [-0.39, 0.29) is 18.9 Å². The number of hydrogen-bond donors (Lipinski definition) is 1. The zero-order valence-corrected chi connectivity index (χ0v) is 18.0. The van der Waals surface area contributed by atoms with Gasteiger partial charge in [-0.05, 0) is 43.2 Å². The molecule has 0 spiro atoms. The molecule has 1 aliphatic heterocycles. The van der Waals surface area contributed by atoms with Crippen LogP contribution in [-0.2, 0) is 25.7 Å². The van der Waals surface area contributed by atoms with E-state index in [1.807, 2.05) is 50.2 Å². The highest BCUT2D eigenvalue weighted by molar-refractivity contribution is 9.10. The minimum Gasteiger partial charge on any atom is -0.455 e. The number of carbonyl (C=O) groups excluding carboxylic acids is 3. The fourth-order valence-electron chi connectivity index (χ4n) is 3.20. The molecule has 0 unspecified atom stereocenters. The summed E-state index contributed by atoms with van der Waals surface area (Å²) in [5, 5.41) is 2.72. The normalized spacial score (nSPS) is 16.0. The molecule has 0 saturated carbocycles. The van der Waals surface area contributed by atoms with Crippen molar-refractivity contribution in [3.8, 4) is 0 Å². The lowest BCUT2D eigenvalue weighted by Crippen LogP contribution is -2.28. The van der Waals surface area contributed by atoms with Gasteiger partial charge in [-0.3, -0.25) is 14.4 Å². The maximum absolute atomic E-state index is 12.3. The SMILES string of the molecule is Cc1ccc(CN2C[C@@H](C(=O)OCC(=O)Nc3ccc(Br)cc3C)CC2=O)cc1. The first kappa shape index (κ1) is 21.0. The Labute approximate surface area is 178 Å². The fraction of sp³-hybridized carbons (Fsp3) is 0.318. The van der Waals surface area contributed by atoms with Crippen molar-refractivity contribution in [2.75, 3.05) is 18.5 Å². The van der Waals surface area contributed by atoms with Crippen molar-refractivity contribution in [3.63, 3.8) is 0 Å². The fourth-order valence-corrected chi connectivity index (χ4v) is 3.68. The molecular weight excluding hydrogens is 436 g/mol. The number of aryl methyl sites for hydroxylation is 2. The third kappa shape index (κ3) is 5.67. The van der Waals surface area contributed by atoms with E-state index >= 15 is 0 Å². The predicted octanol–water partition coefficient (Wildman–Crippen LogP) is 3.60. The van der Waals surface area contributed by atoms with E-state index in [0.29, 0.717) is 18.8 Å². The standard InChI is InChI=1S/C22H23BrN2O4/c1-14-3-5-16(6-4-14)11-25-12-17(10-21(25)27)22(28)29-13-20(26)24-19-8-7-18(23)9-15(19)2/h3-9,17H,10-13H2,1-2H3,(H,24,26)/t17-/m0/s1. The molecule has 2 aromatic rings. The van der Waals surface area contributed by atoms with Gasteiger partial charge in [0.15, 0.2) is 6.61 Å². The summed E-state index contributed by atoms with van der Waals surface area (Å²) in [5.41, 5.74) is 3.73. The Balaban J connectivity index is 1.48. The highest BCUT2D eigenvalue weighted by atomic mass is 79.9. The molecule has 1 heterocycles. The van der Waals surface area contributed by atoms with Gasteiger partial charge in [-0.1, -0.05) is 45.8 Å². The van der Waals surface area contributed by atoms with Crippen molar-refractivity contribution >= 4 is 39.4 Å². The van der Waals surface area contributed by atoms with Crippen LogP contribution in [-0.4, -0.2) is 35.8 Å². The van der Waals surface area contributed by atoms with E-state index in [2.05, 4.69) is 21.2 Å². The van der Waals surface area contributed by atoms with Crippen molar-refractivity contribution in [3.05, 3.63) is 63.6 Å². The molecule has 152 valence electrons. The van der Waals surface area contributed by atoms with E-state index in [0.717, 1.165) is 21.2 Å². The lowest BCUT2D eigenvalue weighted by molar-refractivity contribution is -0.151. The third-order valence-electron chi connectivity index (χ3n) is 4.85. The minimum absolute atomic E-state index is 0.0811. The number of rotatable bonds is 6. The molecule has 7 heteroatoms. The number of esters is 1. The number of carbonyl (C=O) groups is 3. The molecule has 3 rings (SSSR count). The highest BCUT2D eigenvalue weighted by Crippen LogP contribution is 2.22. The van der Waals surface area contributed by atoms with Crippen LogP contribution in [0.1, 0.15) is 23.1 Å². The molecule has 0 aliphatic carbocycles. The molecule has 1 saturated heterocycles. The summed E-state index contributed by atoms with van der Waals surface area (Å²) in [6, 6.07) is 13.4. The first-order chi connectivity index (χ1) is 13.8. The van der Waals surface area contributed by atoms with Crippen LogP contribution in [0, 0.1) is 19.8 Å². The second-order valence-corrected chi connectivity index (χ2v) is 8.19. The topological polar surface area (TPSA) is 75.7 Å². The van der Waals surface area contributed by atoms with E-state index in [1.165, 1.54) is 0 Å². The van der Waals surface area contributed by atoms with Gasteiger partial charge in [-0.15, -0.1) is 0 Å². The number of benzene rings is 2. The van der Waals surface area contributed by atoms with Crippen LogP contribution in [0.3, 0.4) is 0 Å². The Hall–Kier alpha value is -2.67. The highest BCUT2D eigenvalue weighted by Gasteiger charge is 2.35. The summed E-state index contributed by atoms with van der Waals surface area (Å²) in [5.74, 6) is -1.56. The molecular formula is C22H23BrN2O4. The lowest BCUT2D eigenvalue weighted by atomic mass is 10.1. The Morgan fingerprint density at radius 2 is 1.90 bits per heavy atom. The number of halogens is 1. The van der Waals surface area contributed by atoms with Crippen molar-refractivity contribution < 1.29 is 19.1 Å². The average molecular weight is 459 g/mol. The summed E-state index contributed by atoms with van der Waals surface area (Å²) in [6.07, 6.45) is 0.109. The van der Waals surface area contributed by atoms with Crippen LogP contribution in [0.5, 0.6) is 0 Å². The quantitative estimate of drug-likeness (QED) is 0.670. The second-order valence-electron chi connectivity index (χ2n) is 7.28. The molecule has 1 N–H and O–H groups in total. The van der Waals surface area contributed by atoms with Gasteiger partial charge in [-0.2, -0.15) is 0 Å². The smallest absolute Gasteiger partial charge is 0.311 e. The first-order valence-electron chi connectivity index (χ1n) is 9.38. The third-order valence-corrected chi connectivity index (χ3v) is 5.34. The number of amides is 2. The number of likely N-dealkylation sites (tertiary alicyclic amines) is 1. The lowest BCUT2D eigenvalue weighted by Gasteiger charge is -2.16. The van der Waals surface area contributed by atoms with Crippen LogP contribution < -0.4 is 5.32 Å². The summed E-state index contributed by atoms with van der Waals surface area (Å²) >= 11 is 3.37. The van der Waals surface area contributed by atoms with E-state index < -0.39 is 17.8 Å². The molecule has 29 heavy (non-hydrogen) atoms. The molecule has 6 nitrogen and oxygen atoms in total.